The smallest absolute Gasteiger partial charge is 0.155 e. The van der Waals surface area contributed by atoms with Gasteiger partial charge in [-0.1, -0.05) is 0 Å². The normalized spacial score (nSPS) is 31.4. The van der Waals surface area contributed by atoms with Crippen LogP contribution in [0.15, 0.2) is 0 Å². The van der Waals surface area contributed by atoms with Gasteiger partial charge >= 0.3 is 0 Å². The monoisotopic (exact) mass is 256 g/mol. The van der Waals surface area contributed by atoms with Gasteiger partial charge in [-0.3, -0.25) is 0 Å². The summed E-state index contributed by atoms with van der Waals surface area (Å²) in [4.78, 5) is 4.46. The summed E-state index contributed by atoms with van der Waals surface area (Å²) in [6, 6.07) is 0.143. The van der Waals surface area contributed by atoms with E-state index in [9.17, 15) is 8.42 Å². The first-order valence-electron chi connectivity index (χ1n) is 5.93. The molecule has 2 unspecified atom stereocenters. The number of nitrogens with zero attached hydrogens (tertiary/aromatic N) is 3. The predicted octanol–water partition coefficient (Wildman–Crippen LogP) is -0.546. The number of aromatic nitrogens is 3. The van der Waals surface area contributed by atoms with E-state index in [0.717, 1.165) is 18.7 Å². The van der Waals surface area contributed by atoms with Crippen LogP contribution >= 0.6 is 0 Å². The summed E-state index contributed by atoms with van der Waals surface area (Å²) in [5.41, 5.74) is 5.87. The minimum absolute atomic E-state index is 0.0191. The van der Waals surface area contributed by atoms with Crippen LogP contribution in [-0.4, -0.2) is 40.7 Å². The number of hydrogen-bond donors (Lipinski definition) is 1. The Labute approximate surface area is 100 Å². The Bertz CT molecular complexity index is 537. The van der Waals surface area contributed by atoms with Crippen molar-refractivity contribution in [3.63, 3.8) is 0 Å². The molecule has 2 atom stereocenters. The molecule has 94 valence electrons. The third-order valence-corrected chi connectivity index (χ3v) is 5.28. The van der Waals surface area contributed by atoms with Gasteiger partial charge in [0.05, 0.1) is 18.1 Å². The average molecular weight is 256 g/mol. The van der Waals surface area contributed by atoms with Gasteiger partial charge in [-0.2, -0.15) is 5.10 Å². The first-order valence-corrected chi connectivity index (χ1v) is 7.75. The van der Waals surface area contributed by atoms with Gasteiger partial charge in [0.15, 0.2) is 15.7 Å². The number of sulfone groups is 1. The first kappa shape index (κ1) is 11.2. The lowest BCUT2D eigenvalue weighted by Gasteiger charge is -2.17. The lowest BCUT2D eigenvalue weighted by Crippen LogP contribution is -2.32. The minimum atomic E-state index is -2.87. The van der Waals surface area contributed by atoms with Gasteiger partial charge in [-0.05, 0) is 12.8 Å². The number of nitrogens with two attached hydrogens (primary N) is 1. The second-order valence-corrected chi connectivity index (χ2v) is 7.20. The highest BCUT2D eigenvalue weighted by Crippen LogP contribution is 2.27. The zero-order chi connectivity index (χ0) is 12.0. The topological polar surface area (TPSA) is 90.9 Å². The molecule has 3 heterocycles. The third-order valence-electron chi connectivity index (χ3n) is 3.51. The quantitative estimate of drug-likeness (QED) is 0.728. The largest absolute Gasteiger partial charge is 0.326 e. The molecule has 6 nitrogen and oxygen atoms in total. The lowest BCUT2D eigenvalue weighted by atomic mass is 10.1. The molecule has 17 heavy (non-hydrogen) atoms. The Hall–Kier alpha value is -0.950. The first-order chi connectivity index (χ1) is 8.03. The highest BCUT2D eigenvalue weighted by Gasteiger charge is 2.32. The maximum atomic E-state index is 11.4. The molecule has 2 N–H and O–H groups in total. The van der Waals surface area contributed by atoms with Crippen molar-refractivity contribution in [1.29, 1.82) is 0 Å². The van der Waals surface area contributed by atoms with Crippen molar-refractivity contribution in [2.75, 3.05) is 11.5 Å². The molecule has 0 saturated carbocycles. The van der Waals surface area contributed by atoms with Crippen molar-refractivity contribution in [3.05, 3.63) is 11.6 Å². The van der Waals surface area contributed by atoms with Gasteiger partial charge in [0.1, 0.15) is 5.82 Å². The summed E-state index contributed by atoms with van der Waals surface area (Å²) < 4.78 is 24.7. The van der Waals surface area contributed by atoms with E-state index in [1.54, 1.807) is 0 Å². The van der Waals surface area contributed by atoms with E-state index in [-0.39, 0.29) is 23.5 Å². The zero-order valence-electron chi connectivity index (χ0n) is 9.54. The highest BCUT2D eigenvalue weighted by molar-refractivity contribution is 7.91. The molecule has 1 saturated heterocycles. The molecule has 7 heteroatoms. The Balaban J connectivity index is 1.86. The standard InChI is InChI=1S/C10H16N4O2S/c11-8-1-2-9-12-10(13-14(9)5-8)7-3-4-17(15,16)6-7/h7-8H,1-6,11H2. The average Bonchev–Trinajstić information content (AvgIpc) is 2.80. The van der Waals surface area contributed by atoms with Gasteiger partial charge in [0.25, 0.3) is 0 Å². The summed E-state index contributed by atoms with van der Waals surface area (Å²) in [6.07, 6.45) is 2.42. The van der Waals surface area contributed by atoms with Crippen LogP contribution in [0.2, 0.25) is 0 Å². The van der Waals surface area contributed by atoms with E-state index < -0.39 is 9.84 Å². The zero-order valence-corrected chi connectivity index (χ0v) is 10.4. The van der Waals surface area contributed by atoms with Gasteiger partial charge in [-0.25, -0.2) is 18.1 Å². The summed E-state index contributed by atoms with van der Waals surface area (Å²) in [5, 5.41) is 4.41. The molecular formula is C10H16N4O2S. The van der Waals surface area contributed by atoms with Crippen molar-refractivity contribution in [2.24, 2.45) is 5.73 Å². The van der Waals surface area contributed by atoms with E-state index >= 15 is 0 Å². The van der Waals surface area contributed by atoms with Crippen molar-refractivity contribution >= 4 is 9.84 Å². The fourth-order valence-corrected chi connectivity index (χ4v) is 4.26. The van der Waals surface area contributed by atoms with Crippen LogP contribution in [-0.2, 0) is 22.8 Å². The SMILES string of the molecule is NC1CCc2nc(C3CCS(=O)(=O)C3)nn2C1. The highest BCUT2D eigenvalue weighted by atomic mass is 32.2. The van der Waals surface area contributed by atoms with Crippen molar-refractivity contribution in [2.45, 2.75) is 37.8 Å². The van der Waals surface area contributed by atoms with Crippen LogP contribution in [0.25, 0.3) is 0 Å². The molecule has 0 bridgehead atoms. The Morgan fingerprint density at radius 2 is 2.18 bits per heavy atom. The van der Waals surface area contributed by atoms with Gasteiger partial charge < -0.3 is 5.73 Å². The van der Waals surface area contributed by atoms with Crippen molar-refractivity contribution in [1.82, 2.24) is 14.8 Å². The molecular weight excluding hydrogens is 240 g/mol. The van der Waals surface area contributed by atoms with E-state index in [1.165, 1.54) is 0 Å². The molecule has 0 amide bonds. The molecule has 0 radical (unpaired) electrons. The summed E-state index contributed by atoms with van der Waals surface area (Å²) in [7, 11) is -2.87. The molecule has 2 aliphatic rings. The maximum absolute atomic E-state index is 11.4. The second-order valence-electron chi connectivity index (χ2n) is 4.97. The second kappa shape index (κ2) is 3.78. The number of rotatable bonds is 1. The van der Waals surface area contributed by atoms with E-state index in [4.69, 9.17) is 5.73 Å². The molecule has 1 aromatic heterocycles. The van der Waals surface area contributed by atoms with Crippen LogP contribution in [0.1, 0.15) is 30.4 Å². The Kier molecular flexibility index (Phi) is 2.48. The van der Waals surface area contributed by atoms with Gasteiger partial charge in [-0.15, -0.1) is 0 Å². The number of aryl methyl sites for hydroxylation is 1. The van der Waals surface area contributed by atoms with Crippen LogP contribution < -0.4 is 5.73 Å². The van der Waals surface area contributed by atoms with Gasteiger partial charge in [0.2, 0.25) is 0 Å². The molecule has 0 aliphatic carbocycles. The molecule has 3 rings (SSSR count). The van der Waals surface area contributed by atoms with Crippen LogP contribution in [0, 0.1) is 0 Å². The molecule has 1 aromatic rings. The Morgan fingerprint density at radius 3 is 2.88 bits per heavy atom. The third kappa shape index (κ3) is 2.09. The van der Waals surface area contributed by atoms with E-state index in [0.29, 0.717) is 18.8 Å². The van der Waals surface area contributed by atoms with Crippen LogP contribution in [0.3, 0.4) is 0 Å². The van der Waals surface area contributed by atoms with Crippen LogP contribution in [0.5, 0.6) is 0 Å². The van der Waals surface area contributed by atoms with E-state index in [1.807, 2.05) is 4.68 Å². The number of fused-ring (bicyclic) bond motifs is 1. The predicted molar refractivity (Wildman–Crippen MR) is 62.3 cm³/mol. The van der Waals surface area contributed by atoms with E-state index in [2.05, 4.69) is 10.1 Å². The fraction of sp³-hybridized carbons (Fsp3) is 0.800. The van der Waals surface area contributed by atoms with Crippen molar-refractivity contribution < 1.29 is 8.42 Å². The number of hydrogen-bond acceptors (Lipinski definition) is 5. The van der Waals surface area contributed by atoms with Crippen molar-refractivity contribution in [3.8, 4) is 0 Å². The molecule has 0 spiro atoms. The molecule has 1 fully saturated rings. The summed E-state index contributed by atoms with van der Waals surface area (Å²) in [5.74, 6) is 2.08. The molecule has 2 aliphatic heterocycles. The minimum Gasteiger partial charge on any atom is -0.326 e. The maximum Gasteiger partial charge on any atom is 0.155 e. The van der Waals surface area contributed by atoms with Gasteiger partial charge in [0, 0.05) is 18.4 Å². The summed E-state index contributed by atoms with van der Waals surface area (Å²) in [6.45, 7) is 0.696. The Morgan fingerprint density at radius 1 is 1.35 bits per heavy atom. The molecule has 0 aromatic carbocycles. The summed E-state index contributed by atoms with van der Waals surface area (Å²) >= 11 is 0. The fourth-order valence-electron chi connectivity index (χ4n) is 2.52. The lowest BCUT2D eigenvalue weighted by molar-refractivity contribution is 0.420. The van der Waals surface area contributed by atoms with Crippen LogP contribution in [0.4, 0.5) is 0 Å².